The van der Waals surface area contributed by atoms with Gasteiger partial charge in [0, 0.05) is 13.1 Å². The summed E-state index contributed by atoms with van der Waals surface area (Å²) in [6.07, 6.45) is 2.06. The average Bonchev–Trinajstić information content (AvgIpc) is 2.80. The predicted octanol–water partition coefficient (Wildman–Crippen LogP) is 4.58. The van der Waals surface area contributed by atoms with Crippen LogP contribution in [0.3, 0.4) is 0 Å². The van der Waals surface area contributed by atoms with Crippen LogP contribution in [0.2, 0.25) is 0 Å². The Hall–Kier alpha value is -2.15. The van der Waals surface area contributed by atoms with Gasteiger partial charge in [-0.15, -0.1) is 0 Å². The van der Waals surface area contributed by atoms with Gasteiger partial charge in [-0.05, 0) is 69.6 Å². The Balaban J connectivity index is 0.000000240. The molecule has 3 rings (SSSR count). The number of aryl methyl sites for hydroxylation is 1. The normalized spacial score (nSPS) is 15.5. The van der Waals surface area contributed by atoms with Crippen LogP contribution in [0.1, 0.15) is 37.3 Å². The molecule has 1 N–H and O–H groups in total. The molecule has 0 aromatic heterocycles. The molecule has 2 aromatic carbocycles. The molecule has 1 saturated heterocycles. The summed E-state index contributed by atoms with van der Waals surface area (Å²) in [5.41, 5.74) is 2.29. The number of hydrogen-bond acceptors (Lipinski definition) is 4. The zero-order valence-corrected chi connectivity index (χ0v) is 19.1. The second kappa shape index (κ2) is 15.6. The third kappa shape index (κ3) is 11.7. The average molecular weight is 435 g/mol. The standard InChI is InChI=1S/C11H16FN.C7H7F.C7H13NO2/c1-9(7-8-13-2)10-3-5-11(12)6-4-10;1-6-2-4-7(8)5-3-6;1-7(6-9)8-2-4-10-5-3-8/h3-6,9,13H,7-8H2,1-2H3;2-5H,1H3;6-7H,2-5H2,1H3. The van der Waals surface area contributed by atoms with Crippen LogP contribution in [-0.2, 0) is 9.53 Å². The number of ether oxygens (including phenoxy) is 1. The number of aldehydes is 1. The van der Waals surface area contributed by atoms with E-state index in [9.17, 15) is 13.6 Å². The summed E-state index contributed by atoms with van der Waals surface area (Å²) in [6.45, 7) is 10.3. The van der Waals surface area contributed by atoms with E-state index in [1.165, 1.54) is 29.8 Å². The van der Waals surface area contributed by atoms with Crippen molar-refractivity contribution in [2.75, 3.05) is 39.9 Å². The molecule has 1 aliphatic rings. The van der Waals surface area contributed by atoms with Crippen LogP contribution in [0.5, 0.6) is 0 Å². The quantitative estimate of drug-likeness (QED) is 0.676. The smallest absolute Gasteiger partial charge is 0.136 e. The van der Waals surface area contributed by atoms with Crippen LogP contribution >= 0.6 is 0 Å². The van der Waals surface area contributed by atoms with Crippen LogP contribution in [-0.4, -0.2) is 57.1 Å². The molecule has 172 valence electrons. The molecule has 31 heavy (non-hydrogen) atoms. The monoisotopic (exact) mass is 434 g/mol. The Labute approximate surface area is 185 Å². The molecular weight excluding hydrogens is 398 g/mol. The van der Waals surface area contributed by atoms with Crippen LogP contribution < -0.4 is 5.32 Å². The van der Waals surface area contributed by atoms with Gasteiger partial charge in [-0.2, -0.15) is 0 Å². The molecule has 0 amide bonds. The van der Waals surface area contributed by atoms with Gasteiger partial charge in [-0.3, -0.25) is 4.90 Å². The topological polar surface area (TPSA) is 41.6 Å². The Morgan fingerprint density at radius 2 is 1.52 bits per heavy atom. The zero-order valence-electron chi connectivity index (χ0n) is 19.1. The van der Waals surface area contributed by atoms with Gasteiger partial charge in [-0.1, -0.05) is 36.8 Å². The van der Waals surface area contributed by atoms with Crippen LogP contribution in [0.25, 0.3) is 0 Å². The Morgan fingerprint density at radius 3 is 1.97 bits per heavy atom. The summed E-state index contributed by atoms with van der Waals surface area (Å²) in [5, 5.41) is 3.11. The molecule has 2 atom stereocenters. The van der Waals surface area contributed by atoms with Gasteiger partial charge in [0.1, 0.15) is 17.9 Å². The van der Waals surface area contributed by atoms with E-state index in [1.54, 1.807) is 12.1 Å². The lowest BCUT2D eigenvalue weighted by Crippen LogP contribution is -2.42. The fourth-order valence-electron chi connectivity index (χ4n) is 2.92. The molecule has 0 spiro atoms. The number of morpholine rings is 1. The second-order valence-corrected chi connectivity index (χ2v) is 7.67. The number of nitrogens with one attached hydrogen (secondary N) is 1. The Morgan fingerprint density at radius 1 is 1.00 bits per heavy atom. The molecule has 0 saturated carbocycles. The summed E-state index contributed by atoms with van der Waals surface area (Å²) in [7, 11) is 1.94. The summed E-state index contributed by atoms with van der Waals surface area (Å²) in [5.74, 6) is 0.160. The lowest BCUT2D eigenvalue weighted by molar-refractivity contribution is -0.113. The largest absolute Gasteiger partial charge is 0.379 e. The highest BCUT2D eigenvalue weighted by molar-refractivity contribution is 5.56. The van der Waals surface area contributed by atoms with Crippen molar-refractivity contribution in [3.8, 4) is 0 Å². The minimum atomic E-state index is -0.171. The summed E-state index contributed by atoms with van der Waals surface area (Å²) >= 11 is 0. The van der Waals surface area contributed by atoms with E-state index in [0.29, 0.717) is 5.92 Å². The van der Waals surface area contributed by atoms with E-state index in [0.717, 1.165) is 51.1 Å². The maximum Gasteiger partial charge on any atom is 0.136 e. The number of rotatable bonds is 6. The van der Waals surface area contributed by atoms with E-state index >= 15 is 0 Å². The first kappa shape index (κ1) is 26.9. The molecule has 4 nitrogen and oxygen atoms in total. The van der Waals surface area contributed by atoms with Crippen LogP contribution in [0.15, 0.2) is 48.5 Å². The van der Waals surface area contributed by atoms with Crippen molar-refractivity contribution < 1.29 is 18.3 Å². The third-order valence-corrected chi connectivity index (χ3v) is 5.10. The van der Waals surface area contributed by atoms with Crippen molar-refractivity contribution in [2.45, 2.75) is 39.2 Å². The van der Waals surface area contributed by atoms with Crippen LogP contribution in [0.4, 0.5) is 8.78 Å². The zero-order chi connectivity index (χ0) is 23.1. The lowest BCUT2D eigenvalue weighted by Gasteiger charge is -2.28. The van der Waals surface area contributed by atoms with Gasteiger partial charge in [-0.25, -0.2) is 8.78 Å². The van der Waals surface area contributed by atoms with Crippen molar-refractivity contribution in [3.63, 3.8) is 0 Å². The third-order valence-electron chi connectivity index (χ3n) is 5.10. The first-order chi connectivity index (χ1) is 14.9. The Bertz CT molecular complexity index is 696. The summed E-state index contributed by atoms with van der Waals surface area (Å²) in [6, 6.07) is 13.2. The van der Waals surface area contributed by atoms with E-state index in [-0.39, 0.29) is 17.7 Å². The van der Waals surface area contributed by atoms with Crippen molar-refractivity contribution >= 4 is 6.29 Å². The van der Waals surface area contributed by atoms with E-state index in [2.05, 4.69) is 17.1 Å². The minimum Gasteiger partial charge on any atom is -0.379 e. The van der Waals surface area contributed by atoms with Gasteiger partial charge in [0.25, 0.3) is 0 Å². The maximum atomic E-state index is 12.6. The van der Waals surface area contributed by atoms with Gasteiger partial charge in [0.05, 0.1) is 19.3 Å². The molecule has 6 heteroatoms. The molecule has 0 radical (unpaired) electrons. The van der Waals surface area contributed by atoms with Gasteiger partial charge < -0.3 is 14.8 Å². The highest BCUT2D eigenvalue weighted by atomic mass is 19.1. The Kier molecular flexibility index (Phi) is 13.5. The highest BCUT2D eigenvalue weighted by Gasteiger charge is 2.15. The number of carbonyl (C=O) groups excluding carboxylic acids is 1. The number of benzene rings is 2. The molecule has 1 aliphatic heterocycles. The van der Waals surface area contributed by atoms with Gasteiger partial charge in [0.2, 0.25) is 0 Å². The van der Waals surface area contributed by atoms with Crippen molar-refractivity contribution in [3.05, 3.63) is 71.3 Å². The summed E-state index contributed by atoms with van der Waals surface area (Å²) < 4.78 is 29.8. The van der Waals surface area contributed by atoms with Crippen molar-refractivity contribution in [2.24, 2.45) is 0 Å². The molecular formula is C25H36F2N2O2. The van der Waals surface area contributed by atoms with Gasteiger partial charge >= 0.3 is 0 Å². The van der Waals surface area contributed by atoms with Crippen LogP contribution in [0, 0.1) is 18.6 Å². The summed E-state index contributed by atoms with van der Waals surface area (Å²) in [4.78, 5) is 12.4. The van der Waals surface area contributed by atoms with E-state index < -0.39 is 0 Å². The van der Waals surface area contributed by atoms with Crippen molar-refractivity contribution in [1.29, 1.82) is 0 Å². The number of hydrogen-bond donors (Lipinski definition) is 1. The van der Waals surface area contributed by atoms with Gasteiger partial charge in [0.15, 0.2) is 0 Å². The fourth-order valence-corrected chi connectivity index (χ4v) is 2.92. The SMILES string of the molecule is CC(C=O)N1CCOCC1.CNCCC(C)c1ccc(F)cc1.Cc1ccc(F)cc1. The lowest BCUT2D eigenvalue weighted by atomic mass is 9.98. The molecule has 1 heterocycles. The molecule has 2 unspecified atom stereocenters. The first-order valence-corrected chi connectivity index (χ1v) is 10.8. The number of nitrogens with zero attached hydrogens (tertiary/aromatic N) is 1. The minimum absolute atomic E-state index is 0.0592. The molecule has 0 bridgehead atoms. The predicted molar refractivity (Wildman–Crippen MR) is 122 cm³/mol. The molecule has 2 aromatic rings. The molecule has 0 aliphatic carbocycles. The van der Waals surface area contributed by atoms with E-state index in [4.69, 9.17) is 4.74 Å². The number of carbonyl (C=O) groups is 1. The van der Waals surface area contributed by atoms with E-state index in [1.807, 2.05) is 33.0 Å². The van der Waals surface area contributed by atoms with Crippen molar-refractivity contribution in [1.82, 2.24) is 10.2 Å². The maximum absolute atomic E-state index is 12.6. The molecule has 1 fully saturated rings. The first-order valence-electron chi connectivity index (χ1n) is 10.8. The second-order valence-electron chi connectivity index (χ2n) is 7.67. The number of halogens is 2. The highest BCUT2D eigenvalue weighted by Crippen LogP contribution is 2.18. The fraction of sp³-hybridized carbons (Fsp3) is 0.480.